The van der Waals surface area contributed by atoms with Gasteiger partial charge in [-0.1, -0.05) is 145 Å². The average molecular weight is 422 g/mol. The second-order valence-corrected chi connectivity index (χ2v) is 11.9. The third-order valence-corrected chi connectivity index (χ3v) is 11.0. The molecule has 0 saturated carbocycles. The van der Waals surface area contributed by atoms with Crippen molar-refractivity contribution in [2.24, 2.45) is 0 Å². The molecule has 0 bridgehead atoms. The van der Waals surface area contributed by atoms with E-state index in [9.17, 15) is 0 Å². The Labute approximate surface area is 192 Å². The quantitative estimate of drug-likeness (QED) is 0.300. The Hall–Kier alpha value is -3.62. The standard InChI is InChI=1S/C30H23BSi/c31-26-20-16-24(17-21-26)25-18-22-30(23-19-25)32(27-10-4-1-5-11-27,28-12-6-2-7-13-28)29-14-8-3-9-15-29/h1-23H. The fourth-order valence-electron chi connectivity index (χ4n) is 4.65. The lowest BCUT2D eigenvalue weighted by molar-refractivity contribution is 1.63. The summed E-state index contributed by atoms with van der Waals surface area (Å²) in [6, 6.07) is 50.2. The van der Waals surface area contributed by atoms with Gasteiger partial charge >= 0.3 is 0 Å². The third-order valence-electron chi connectivity index (χ3n) is 6.18. The molecule has 2 heteroatoms. The van der Waals surface area contributed by atoms with Gasteiger partial charge in [0, 0.05) is 0 Å². The molecule has 0 nitrogen and oxygen atoms in total. The zero-order valence-corrected chi connectivity index (χ0v) is 18.9. The Morgan fingerprint density at radius 3 is 1.03 bits per heavy atom. The molecule has 0 atom stereocenters. The predicted molar refractivity (Wildman–Crippen MR) is 141 cm³/mol. The van der Waals surface area contributed by atoms with E-state index in [0.717, 1.165) is 5.46 Å². The van der Waals surface area contributed by atoms with Crippen molar-refractivity contribution in [3.05, 3.63) is 140 Å². The summed E-state index contributed by atoms with van der Waals surface area (Å²) in [5.41, 5.74) is 3.16. The maximum Gasteiger partial charge on any atom is 0.179 e. The molecule has 0 amide bonds. The highest BCUT2D eigenvalue weighted by Crippen LogP contribution is 2.18. The summed E-state index contributed by atoms with van der Waals surface area (Å²) in [5.74, 6) is 0. The van der Waals surface area contributed by atoms with Crippen LogP contribution in [0.25, 0.3) is 11.1 Å². The fourth-order valence-corrected chi connectivity index (χ4v) is 9.40. The van der Waals surface area contributed by atoms with E-state index in [1.165, 1.54) is 31.9 Å². The number of benzene rings is 5. The summed E-state index contributed by atoms with van der Waals surface area (Å²) >= 11 is 0. The molecular formula is C30H23BSi. The lowest BCUT2D eigenvalue weighted by Gasteiger charge is -2.34. The second kappa shape index (κ2) is 8.86. The van der Waals surface area contributed by atoms with Gasteiger partial charge in [-0.25, -0.2) is 0 Å². The van der Waals surface area contributed by atoms with Crippen molar-refractivity contribution in [2.75, 3.05) is 0 Å². The van der Waals surface area contributed by atoms with E-state index < -0.39 is 8.07 Å². The van der Waals surface area contributed by atoms with Crippen LogP contribution in [0.5, 0.6) is 0 Å². The van der Waals surface area contributed by atoms with Crippen LogP contribution < -0.4 is 26.2 Å². The van der Waals surface area contributed by atoms with E-state index in [1.807, 2.05) is 12.1 Å². The van der Waals surface area contributed by atoms with Gasteiger partial charge in [0.15, 0.2) is 8.07 Å². The van der Waals surface area contributed by atoms with Crippen molar-refractivity contribution in [1.29, 1.82) is 0 Å². The molecule has 5 rings (SSSR count). The van der Waals surface area contributed by atoms with Crippen LogP contribution in [-0.2, 0) is 0 Å². The highest BCUT2D eigenvalue weighted by atomic mass is 28.3. The molecule has 0 N–H and O–H groups in total. The summed E-state index contributed by atoms with van der Waals surface area (Å²) in [4.78, 5) is 0. The summed E-state index contributed by atoms with van der Waals surface area (Å²) in [6.07, 6.45) is 0. The van der Waals surface area contributed by atoms with E-state index in [0.29, 0.717) is 0 Å². The van der Waals surface area contributed by atoms with Gasteiger partial charge in [-0.15, -0.1) is 0 Å². The minimum Gasteiger partial charge on any atom is -0.0966 e. The molecule has 0 heterocycles. The molecular weight excluding hydrogens is 399 g/mol. The van der Waals surface area contributed by atoms with Crippen LogP contribution in [0.3, 0.4) is 0 Å². The van der Waals surface area contributed by atoms with Crippen LogP contribution in [0.4, 0.5) is 0 Å². The third kappa shape index (κ3) is 3.63. The molecule has 0 aliphatic carbocycles. The molecule has 150 valence electrons. The molecule has 2 radical (unpaired) electrons. The normalized spacial score (nSPS) is 11.2. The second-order valence-electron chi connectivity index (χ2n) is 8.05. The van der Waals surface area contributed by atoms with Gasteiger partial charge in [-0.05, 0) is 31.9 Å². The van der Waals surface area contributed by atoms with Crippen LogP contribution >= 0.6 is 0 Å². The molecule has 32 heavy (non-hydrogen) atoms. The van der Waals surface area contributed by atoms with Gasteiger partial charge in [0.2, 0.25) is 0 Å². The van der Waals surface area contributed by atoms with E-state index in [-0.39, 0.29) is 0 Å². The largest absolute Gasteiger partial charge is 0.179 e. The summed E-state index contributed by atoms with van der Waals surface area (Å²) in [5, 5.41) is 5.54. The number of hydrogen-bond donors (Lipinski definition) is 0. The van der Waals surface area contributed by atoms with Crippen LogP contribution in [-0.4, -0.2) is 15.9 Å². The summed E-state index contributed by atoms with van der Waals surface area (Å²) in [6.45, 7) is 0. The molecule has 0 aromatic heterocycles. The Bertz CT molecular complexity index is 1180. The molecule has 0 aliphatic rings. The Morgan fingerprint density at radius 1 is 0.344 bits per heavy atom. The lowest BCUT2D eigenvalue weighted by Crippen LogP contribution is -2.74. The van der Waals surface area contributed by atoms with Crippen LogP contribution in [0, 0.1) is 0 Å². The van der Waals surface area contributed by atoms with Crippen molar-refractivity contribution in [3.8, 4) is 11.1 Å². The summed E-state index contributed by atoms with van der Waals surface area (Å²) < 4.78 is 0. The van der Waals surface area contributed by atoms with Gasteiger partial charge in [0.25, 0.3) is 0 Å². The van der Waals surface area contributed by atoms with Crippen LogP contribution in [0.1, 0.15) is 0 Å². The van der Waals surface area contributed by atoms with Crippen molar-refractivity contribution in [3.63, 3.8) is 0 Å². The van der Waals surface area contributed by atoms with Gasteiger partial charge in [-0.3, -0.25) is 0 Å². The first-order chi connectivity index (χ1) is 15.8. The first-order valence-corrected chi connectivity index (χ1v) is 12.9. The SMILES string of the molecule is [B]c1ccc(-c2ccc([Si](c3ccccc3)(c3ccccc3)c3ccccc3)cc2)cc1. The van der Waals surface area contributed by atoms with Crippen molar-refractivity contribution in [1.82, 2.24) is 0 Å². The molecule has 0 spiro atoms. The smallest absolute Gasteiger partial charge is 0.0966 e. The average Bonchev–Trinajstić information content (AvgIpc) is 2.88. The zero-order chi connectivity index (χ0) is 21.8. The summed E-state index contributed by atoms with van der Waals surface area (Å²) in [7, 11) is 3.43. The van der Waals surface area contributed by atoms with Crippen molar-refractivity contribution in [2.45, 2.75) is 0 Å². The number of hydrogen-bond acceptors (Lipinski definition) is 0. The van der Waals surface area contributed by atoms with E-state index in [2.05, 4.69) is 127 Å². The highest BCUT2D eigenvalue weighted by molar-refractivity contribution is 7.19. The van der Waals surface area contributed by atoms with E-state index in [1.54, 1.807) is 0 Å². The predicted octanol–water partition coefficient (Wildman–Crippen LogP) is 3.52. The van der Waals surface area contributed by atoms with Gasteiger partial charge in [0.1, 0.15) is 7.85 Å². The minimum absolute atomic E-state index is 0.786. The molecule has 0 saturated heterocycles. The molecule has 5 aromatic rings. The van der Waals surface area contributed by atoms with Crippen LogP contribution in [0.15, 0.2) is 140 Å². The van der Waals surface area contributed by atoms with Gasteiger partial charge in [-0.2, -0.15) is 0 Å². The van der Waals surface area contributed by atoms with E-state index >= 15 is 0 Å². The zero-order valence-electron chi connectivity index (χ0n) is 17.9. The number of rotatable bonds is 5. The molecule has 0 aliphatic heterocycles. The van der Waals surface area contributed by atoms with Crippen molar-refractivity contribution >= 4 is 42.1 Å². The lowest BCUT2D eigenvalue weighted by atomic mass is 9.94. The van der Waals surface area contributed by atoms with Gasteiger partial charge < -0.3 is 0 Å². The van der Waals surface area contributed by atoms with Crippen molar-refractivity contribution < 1.29 is 0 Å². The monoisotopic (exact) mass is 422 g/mol. The minimum atomic E-state index is -2.45. The van der Waals surface area contributed by atoms with Crippen LogP contribution in [0.2, 0.25) is 0 Å². The maximum absolute atomic E-state index is 5.88. The molecule has 0 unspecified atom stereocenters. The maximum atomic E-state index is 5.88. The molecule has 5 aromatic carbocycles. The highest BCUT2D eigenvalue weighted by Gasteiger charge is 2.41. The Kier molecular flexibility index (Phi) is 5.62. The molecule has 0 fully saturated rings. The Balaban J connectivity index is 1.76. The fraction of sp³-hybridized carbons (Fsp3) is 0. The first-order valence-electron chi connectivity index (χ1n) is 10.9. The Morgan fingerprint density at radius 2 is 0.656 bits per heavy atom. The van der Waals surface area contributed by atoms with E-state index in [4.69, 9.17) is 7.85 Å². The topological polar surface area (TPSA) is 0 Å². The van der Waals surface area contributed by atoms with Gasteiger partial charge in [0.05, 0.1) is 0 Å². The first kappa shape index (κ1) is 20.3.